The van der Waals surface area contributed by atoms with Crippen molar-refractivity contribution in [2.45, 2.75) is 39.1 Å². The van der Waals surface area contributed by atoms with E-state index >= 15 is 0 Å². The Bertz CT molecular complexity index is 745. The van der Waals surface area contributed by atoms with Crippen LogP contribution in [0.4, 0.5) is 10.5 Å². The molecule has 1 unspecified atom stereocenters. The summed E-state index contributed by atoms with van der Waals surface area (Å²) in [6.45, 7) is 9.78. The zero-order valence-corrected chi connectivity index (χ0v) is 15.0. The average molecular weight is 348 g/mol. The van der Waals surface area contributed by atoms with Crippen molar-refractivity contribution in [3.63, 3.8) is 0 Å². The first kappa shape index (κ1) is 17.4. The lowest BCUT2D eigenvalue weighted by atomic mass is 10.2. The first-order valence-electron chi connectivity index (χ1n) is 8.32. The van der Waals surface area contributed by atoms with E-state index in [1.54, 1.807) is 11.1 Å². The number of hydrogen-bond donors (Lipinski definition) is 2. The molecule has 2 aliphatic heterocycles. The van der Waals surface area contributed by atoms with Crippen LogP contribution >= 0.6 is 0 Å². The van der Waals surface area contributed by atoms with Gasteiger partial charge in [0.25, 0.3) is 5.56 Å². The molecule has 0 bridgehead atoms. The second-order valence-corrected chi connectivity index (χ2v) is 7.35. The number of H-pyrrole nitrogens is 1. The number of rotatable bonds is 1. The summed E-state index contributed by atoms with van der Waals surface area (Å²) in [5.74, 6) is -0.747. The van der Waals surface area contributed by atoms with E-state index in [9.17, 15) is 9.59 Å². The molecular formula is C16H24N6O3. The maximum absolute atomic E-state index is 12.2. The SMILES string of the molecule is CC(C)(C)OC(=O)N1CCN(C2(C)N=Cc3nc[nH]c(=O)c3N2)CC1. The predicted molar refractivity (Wildman–Crippen MR) is 93.9 cm³/mol. The fraction of sp³-hybridized carbons (Fsp3) is 0.625. The van der Waals surface area contributed by atoms with Gasteiger partial charge in [-0.05, 0) is 27.7 Å². The third-order valence-corrected chi connectivity index (χ3v) is 4.23. The number of hydrogen-bond acceptors (Lipinski definition) is 7. The van der Waals surface area contributed by atoms with Crippen molar-refractivity contribution in [1.29, 1.82) is 0 Å². The molecule has 1 aromatic rings. The van der Waals surface area contributed by atoms with Crippen molar-refractivity contribution in [1.82, 2.24) is 19.8 Å². The van der Waals surface area contributed by atoms with Gasteiger partial charge in [0, 0.05) is 26.2 Å². The van der Waals surface area contributed by atoms with Gasteiger partial charge in [-0.2, -0.15) is 0 Å². The molecule has 1 saturated heterocycles. The van der Waals surface area contributed by atoms with Gasteiger partial charge >= 0.3 is 6.09 Å². The molecular weight excluding hydrogens is 324 g/mol. The van der Waals surface area contributed by atoms with Crippen LogP contribution in [0.1, 0.15) is 33.4 Å². The van der Waals surface area contributed by atoms with Crippen LogP contribution < -0.4 is 10.9 Å². The molecule has 25 heavy (non-hydrogen) atoms. The van der Waals surface area contributed by atoms with Crippen molar-refractivity contribution >= 4 is 18.0 Å². The van der Waals surface area contributed by atoms with Gasteiger partial charge in [0.2, 0.25) is 0 Å². The number of piperazine rings is 1. The van der Waals surface area contributed by atoms with Crippen LogP contribution in [-0.4, -0.2) is 69.6 Å². The first-order chi connectivity index (χ1) is 11.7. The molecule has 9 heteroatoms. The van der Waals surface area contributed by atoms with Crippen molar-refractivity contribution in [3.05, 3.63) is 22.4 Å². The minimum Gasteiger partial charge on any atom is -0.444 e. The molecule has 9 nitrogen and oxygen atoms in total. The van der Waals surface area contributed by atoms with E-state index in [1.807, 2.05) is 27.7 Å². The third kappa shape index (κ3) is 3.65. The van der Waals surface area contributed by atoms with Gasteiger partial charge in [0.15, 0.2) is 5.79 Å². The highest BCUT2D eigenvalue weighted by molar-refractivity contribution is 5.87. The highest BCUT2D eigenvalue weighted by atomic mass is 16.6. The molecule has 1 aromatic heterocycles. The molecule has 1 atom stereocenters. The van der Waals surface area contributed by atoms with E-state index < -0.39 is 11.4 Å². The lowest BCUT2D eigenvalue weighted by Crippen LogP contribution is -2.60. The summed E-state index contributed by atoms with van der Waals surface area (Å²) >= 11 is 0. The van der Waals surface area contributed by atoms with Gasteiger partial charge in [-0.25, -0.2) is 14.8 Å². The number of aliphatic imine (C=N–C) groups is 1. The van der Waals surface area contributed by atoms with E-state index in [-0.39, 0.29) is 11.7 Å². The minimum atomic E-state index is -0.747. The van der Waals surface area contributed by atoms with E-state index in [0.29, 0.717) is 37.6 Å². The van der Waals surface area contributed by atoms with Crippen molar-refractivity contribution in [3.8, 4) is 0 Å². The number of carbonyl (C=O) groups excluding carboxylic acids is 1. The normalized spacial score (nSPS) is 23.8. The Morgan fingerprint density at radius 3 is 2.60 bits per heavy atom. The zero-order valence-electron chi connectivity index (χ0n) is 15.0. The quantitative estimate of drug-likeness (QED) is 0.780. The van der Waals surface area contributed by atoms with Gasteiger partial charge < -0.3 is 19.9 Å². The summed E-state index contributed by atoms with van der Waals surface area (Å²) in [5, 5.41) is 3.18. The Kier molecular flexibility index (Phi) is 4.28. The molecule has 3 rings (SSSR count). The first-order valence-corrected chi connectivity index (χ1v) is 8.32. The highest BCUT2D eigenvalue weighted by Crippen LogP contribution is 2.25. The summed E-state index contributed by atoms with van der Waals surface area (Å²) in [7, 11) is 0. The fourth-order valence-electron chi connectivity index (χ4n) is 2.90. The van der Waals surface area contributed by atoms with Crippen LogP contribution in [0.3, 0.4) is 0 Å². The molecule has 0 aromatic carbocycles. The molecule has 3 heterocycles. The van der Waals surface area contributed by atoms with Crippen LogP contribution in [0.5, 0.6) is 0 Å². The number of nitrogens with zero attached hydrogens (tertiary/aromatic N) is 4. The molecule has 0 saturated carbocycles. The summed E-state index contributed by atoms with van der Waals surface area (Å²) in [5.41, 5.74) is 0.200. The third-order valence-electron chi connectivity index (χ3n) is 4.23. The monoisotopic (exact) mass is 348 g/mol. The van der Waals surface area contributed by atoms with Gasteiger partial charge in [-0.15, -0.1) is 0 Å². The van der Waals surface area contributed by atoms with Crippen LogP contribution in [0, 0.1) is 0 Å². The smallest absolute Gasteiger partial charge is 0.410 e. The predicted octanol–water partition coefficient (Wildman–Crippen LogP) is 0.841. The van der Waals surface area contributed by atoms with Gasteiger partial charge in [0.1, 0.15) is 17.0 Å². The molecule has 2 N–H and O–H groups in total. The second kappa shape index (κ2) is 6.14. The Morgan fingerprint density at radius 1 is 1.28 bits per heavy atom. The van der Waals surface area contributed by atoms with Gasteiger partial charge in [-0.1, -0.05) is 0 Å². The largest absolute Gasteiger partial charge is 0.444 e. The maximum atomic E-state index is 12.2. The number of amides is 1. The number of carbonyl (C=O) groups is 1. The van der Waals surface area contributed by atoms with Crippen LogP contribution in [0.25, 0.3) is 0 Å². The van der Waals surface area contributed by atoms with Crippen LogP contribution in [0.2, 0.25) is 0 Å². The Morgan fingerprint density at radius 2 is 1.96 bits per heavy atom. The lowest BCUT2D eigenvalue weighted by molar-refractivity contribution is 0.00416. The van der Waals surface area contributed by atoms with Crippen LogP contribution in [-0.2, 0) is 4.74 Å². The molecule has 0 radical (unpaired) electrons. The Labute approximate surface area is 146 Å². The molecule has 1 fully saturated rings. The van der Waals surface area contributed by atoms with Crippen LogP contribution in [0.15, 0.2) is 16.1 Å². The number of fused-ring (bicyclic) bond motifs is 1. The highest BCUT2D eigenvalue weighted by Gasteiger charge is 2.38. The number of anilines is 1. The standard InChI is InChI=1S/C16H24N6O3/c1-15(2,3)25-14(24)21-5-7-22(8-6-21)16(4)19-9-11-12(20-16)13(23)18-10-17-11/h9-10,20H,5-8H2,1-4H3,(H,17,18,23). The summed E-state index contributed by atoms with van der Waals surface area (Å²) in [6, 6.07) is 0. The van der Waals surface area contributed by atoms with E-state index in [4.69, 9.17) is 4.74 Å². The van der Waals surface area contributed by atoms with Gasteiger partial charge in [-0.3, -0.25) is 9.69 Å². The Balaban J connectivity index is 1.67. The van der Waals surface area contributed by atoms with E-state index in [2.05, 4.69) is 25.2 Å². The molecule has 0 spiro atoms. The number of aromatic amines is 1. The summed E-state index contributed by atoms with van der Waals surface area (Å²) in [6.07, 6.45) is 2.67. The summed E-state index contributed by atoms with van der Waals surface area (Å²) in [4.78, 5) is 39.2. The molecule has 2 aliphatic rings. The van der Waals surface area contributed by atoms with E-state index in [1.165, 1.54) is 6.33 Å². The molecule has 136 valence electrons. The Hall–Kier alpha value is -2.42. The minimum absolute atomic E-state index is 0.227. The molecule has 0 aliphatic carbocycles. The summed E-state index contributed by atoms with van der Waals surface area (Å²) < 4.78 is 5.41. The topological polar surface area (TPSA) is 103 Å². The van der Waals surface area contributed by atoms with Crippen molar-refractivity contribution in [2.24, 2.45) is 4.99 Å². The lowest BCUT2D eigenvalue weighted by Gasteiger charge is -2.45. The van der Waals surface area contributed by atoms with E-state index in [0.717, 1.165) is 0 Å². The van der Waals surface area contributed by atoms with Crippen molar-refractivity contribution in [2.75, 3.05) is 31.5 Å². The van der Waals surface area contributed by atoms with Crippen molar-refractivity contribution < 1.29 is 9.53 Å². The molecule has 1 amide bonds. The zero-order chi connectivity index (χ0) is 18.2. The average Bonchev–Trinajstić information content (AvgIpc) is 2.54. The van der Waals surface area contributed by atoms with Gasteiger partial charge in [0.05, 0.1) is 12.5 Å². The number of aromatic nitrogens is 2. The maximum Gasteiger partial charge on any atom is 0.410 e. The number of ether oxygens (including phenoxy) is 1. The number of nitrogens with one attached hydrogen (secondary N) is 2. The second-order valence-electron chi connectivity index (χ2n) is 7.35. The fourth-order valence-corrected chi connectivity index (χ4v) is 2.90.